The predicted octanol–water partition coefficient (Wildman–Crippen LogP) is 0.918. The molecule has 8 atom stereocenters. The Hall–Kier alpha value is -0.580. The van der Waals surface area contributed by atoms with Crippen LogP contribution in [-0.4, -0.2) is 67.1 Å². The summed E-state index contributed by atoms with van der Waals surface area (Å²) in [5, 5.41) is 0. The first-order valence-corrected chi connectivity index (χ1v) is 10.4. The third kappa shape index (κ3) is 3.33. The molecule has 0 aromatic rings. The fourth-order valence-electron chi connectivity index (χ4n) is 5.25. The molecule has 0 aromatic carbocycles. The van der Waals surface area contributed by atoms with Gasteiger partial charge in [0.25, 0.3) is 0 Å². The molecule has 0 spiro atoms. The molecule has 8 nitrogen and oxygen atoms in total. The highest BCUT2D eigenvalue weighted by Crippen LogP contribution is 2.45. The zero-order valence-electron chi connectivity index (χ0n) is 16.7. The zero-order chi connectivity index (χ0) is 19.6. The minimum atomic E-state index is -0.980. The monoisotopic (exact) mass is 396 g/mol. The summed E-state index contributed by atoms with van der Waals surface area (Å²) in [5.41, 5.74) is 11.4. The van der Waals surface area contributed by atoms with Crippen molar-refractivity contribution in [3.63, 3.8) is 0 Å². The van der Waals surface area contributed by atoms with Gasteiger partial charge in [0.1, 0.15) is 29.8 Å². The average Bonchev–Trinajstić information content (AvgIpc) is 2.89. The molecule has 4 saturated heterocycles. The van der Waals surface area contributed by atoms with Gasteiger partial charge in [0.15, 0.2) is 5.79 Å². The number of hydrogen-bond acceptors (Lipinski definition) is 8. The summed E-state index contributed by atoms with van der Waals surface area (Å²) < 4.78 is 37.0. The van der Waals surface area contributed by atoms with Crippen molar-refractivity contribution in [1.82, 2.24) is 0 Å². The van der Waals surface area contributed by atoms with E-state index in [-0.39, 0.29) is 36.6 Å². The number of ether oxygens (including phenoxy) is 6. The Morgan fingerprint density at radius 2 is 1.61 bits per heavy atom. The number of nitrogens with two attached hydrogens (primary N) is 2. The van der Waals surface area contributed by atoms with Gasteiger partial charge in [-0.05, 0) is 33.1 Å². The van der Waals surface area contributed by atoms with E-state index >= 15 is 0 Å². The lowest BCUT2D eigenvalue weighted by molar-refractivity contribution is -0.335. The normalized spacial score (nSPS) is 53.0. The first-order chi connectivity index (χ1) is 13.3. The van der Waals surface area contributed by atoms with Crippen LogP contribution >= 0.6 is 0 Å². The molecule has 5 rings (SSSR count). The van der Waals surface area contributed by atoms with Crippen LogP contribution in [0.1, 0.15) is 46.0 Å². The number of hydrogen-bond donors (Lipinski definition) is 2. The summed E-state index contributed by atoms with van der Waals surface area (Å²) in [6.07, 6.45) is 6.62. The standard InChI is InChI=1S/C20H32N2O6/c1-18(2)24-10-15-13(27-18)7-6-12-14(25-15)9-17-20(22,28-12)11-19(21)16(26-17)5-3-4-8-23-19/h3-4,12-17H,5-11,21-22H2,1-2H3/t12-,13+,14?,15?,16?,17?,19-,20+/m1/s1. The zero-order valence-corrected chi connectivity index (χ0v) is 16.7. The summed E-state index contributed by atoms with van der Waals surface area (Å²) in [4.78, 5) is 0. The van der Waals surface area contributed by atoms with E-state index in [1.165, 1.54) is 0 Å². The maximum atomic E-state index is 6.72. The Bertz CT molecular complexity index is 644. The van der Waals surface area contributed by atoms with E-state index in [1.807, 2.05) is 19.9 Å². The van der Waals surface area contributed by atoms with Gasteiger partial charge in [-0.2, -0.15) is 0 Å². The SMILES string of the molecule is CC1(C)OCC2OC3CC4OC5CC=CCO[C@]5(N)C[C@]4(N)O[C@@H]3CC[C@@H]2O1. The lowest BCUT2D eigenvalue weighted by atomic mass is 9.81. The summed E-state index contributed by atoms with van der Waals surface area (Å²) in [6, 6.07) is 0. The molecule has 0 bridgehead atoms. The molecule has 0 aliphatic carbocycles. The molecular weight excluding hydrogens is 364 g/mol. The van der Waals surface area contributed by atoms with E-state index in [4.69, 9.17) is 39.9 Å². The van der Waals surface area contributed by atoms with Gasteiger partial charge >= 0.3 is 0 Å². The van der Waals surface area contributed by atoms with Gasteiger partial charge in [0.2, 0.25) is 0 Å². The lowest BCUT2D eigenvalue weighted by Crippen LogP contribution is -2.74. The fraction of sp³-hybridized carbons (Fsp3) is 0.900. The molecule has 5 heterocycles. The van der Waals surface area contributed by atoms with Crippen LogP contribution in [0.3, 0.4) is 0 Å². The van der Waals surface area contributed by atoms with Crippen LogP contribution in [-0.2, 0) is 28.4 Å². The Morgan fingerprint density at radius 3 is 2.43 bits per heavy atom. The fourth-order valence-corrected chi connectivity index (χ4v) is 5.25. The smallest absolute Gasteiger partial charge is 0.163 e. The Balaban J connectivity index is 1.35. The van der Waals surface area contributed by atoms with Crippen molar-refractivity contribution in [2.45, 2.75) is 99.8 Å². The highest BCUT2D eigenvalue weighted by Gasteiger charge is 2.59. The molecule has 8 heteroatoms. The quantitative estimate of drug-likeness (QED) is 0.582. The summed E-state index contributed by atoms with van der Waals surface area (Å²) in [5.74, 6) is -0.585. The average molecular weight is 396 g/mol. The van der Waals surface area contributed by atoms with E-state index < -0.39 is 17.2 Å². The van der Waals surface area contributed by atoms with Gasteiger partial charge < -0.3 is 39.9 Å². The van der Waals surface area contributed by atoms with Crippen LogP contribution in [0.25, 0.3) is 0 Å². The number of rotatable bonds is 0. The summed E-state index contributed by atoms with van der Waals surface area (Å²) in [7, 11) is 0. The number of fused-ring (bicyclic) bond motifs is 4. The van der Waals surface area contributed by atoms with E-state index in [2.05, 4.69) is 6.08 Å². The molecule has 0 radical (unpaired) electrons. The largest absolute Gasteiger partial charge is 0.367 e. The van der Waals surface area contributed by atoms with Crippen molar-refractivity contribution in [1.29, 1.82) is 0 Å². The molecular formula is C20H32N2O6. The molecule has 158 valence electrons. The molecule has 4 N–H and O–H groups in total. The second kappa shape index (κ2) is 6.72. The second-order valence-electron chi connectivity index (χ2n) is 9.27. The third-order valence-corrected chi connectivity index (χ3v) is 6.70. The van der Waals surface area contributed by atoms with Gasteiger partial charge in [-0.3, -0.25) is 0 Å². The van der Waals surface area contributed by atoms with Crippen LogP contribution in [0.5, 0.6) is 0 Å². The van der Waals surface area contributed by atoms with Crippen LogP contribution in [0.2, 0.25) is 0 Å². The van der Waals surface area contributed by atoms with Crippen LogP contribution in [0.15, 0.2) is 12.2 Å². The molecule has 0 amide bonds. The summed E-state index contributed by atoms with van der Waals surface area (Å²) in [6.45, 7) is 4.86. The molecule has 4 fully saturated rings. The highest BCUT2D eigenvalue weighted by atomic mass is 16.7. The molecule has 0 aromatic heterocycles. The maximum absolute atomic E-state index is 6.72. The van der Waals surface area contributed by atoms with Crippen molar-refractivity contribution < 1.29 is 28.4 Å². The van der Waals surface area contributed by atoms with Crippen molar-refractivity contribution in [3.05, 3.63) is 12.2 Å². The topological polar surface area (TPSA) is 107 Å². The van der Waals surface area contributed by atoms with E-state index in [0.29, 0.717) is 32.5 Å². The van der Waals surface area contributed by atoms with E-state index in [9.17, 15) is 0 Å². The minimum Gasteiger partial charge on any atom is -0.367 e. The highest BCUT2D eigenvalue weighted by molar-refractivity contribution is 5.08. The third-order valence-electron chi connectivity index (χ3n) is 6.70. The Morgan fingerprint density at radius 1 is 0.821 bits per heavy atom. The first kappa shape index (κ1) is 19.4. The molecule has 5 aliphatic heterocycles. The van der Waals surface area contributed by atoms with Crippen molar-refractivity contribution in [2.24, 2.45) is 11.5 Å². The predicted molar refractivity (Wildman–Crippen MR) is 99.1 cm³/mol. The lowest BCUT2D eigenvalue weighted by Gasteiger charge is -2.55. The Labute approximate surface area is 165 Å². The Kier molecular flexibility index (Phi) is 4.65. The van der Waals surface area contributed by atoms with Crippen molar-refractivity contribution >= 4 is 0 Å². The second-order valence-corrected chi connectivity index (χ2v) is 9.27. The van der Waals surface area contributed by atoms with E-state index in [0.717, 1.165) is 12.8 Å². The molecule has 28 heavy (non-hydrogen) atoms. The molecule has 4 unspecified atom stereocenters. The molecule has 5 aliphatic rings. The molecule has 0 saturated carbocycles. The van der Waals surface area contributed by atoms with Crippen LogP contribution in [0.4, 0.5) is 0 Å². The van der Waals surface area contributed by atoms with Crippen LogP contribution in [0, 0.1) is 0 Å². The van der Waals surface area contributed by atoms with Crippen LogP contribution < -0.4 is 11.5 Å². The van der Waals surface area contributed by atoms with Gasteiger partial charge in [0, 0.05) is 12.8 Å². The van der Waals surface area contributed by atoms with Gasteiger partial charge in [0.05, 0.1) is 31.5 Å². The van der Waals surface area contributed by atoms with Gasteiger partial charge in [-0.15, -0.1) is 0 Å². The van der Waals surface area contributed by atoms with E-state index in [1.54, 1.807) is 0 Å². The van der Waals surface area contributed by atoms with Crippen molar-refractivity contribution in [3.8, 4) is 0 Å². The maximum Gasteiger partial charge on any atom is 0.163 e. The summed E-state index contributed by atoms with van der Waals surface area (Å²) >= 11 is 0. The minimum absolute atomic E-state index is 0.00460. The first-order valence-electron chi connectivity index (χ1n) is 10.4. The van der Waals surface area contributed by atoms with Gasteiger partial charge in [-0.25, -0.2) is 0 Å². The van der Waals surface area contributed by atoms with Gasteiger partial charge in [-0.1, -0.05) is 12.2 Å². The van der Waals surface area contributed by atoms with Crippen molar-refractivity contribution in [2.75, 3.05) is 13.2 Å².